The second kappa shape index (κ2) is 7.29. The molecule has 0 aromatic heterocycles. The van der Waals surface area contributed by atoms with Crippen molar-refractivity contribution in [1.29, 1.82) is 0 Å². The number of carbonyl (C=O) groups excluding carboxylic acids is 2. The minimum Gasteiger partial charge on any atom is -0.368 e. The maximum atomic E-state index is 12.1. The Labute approximate surface area is 138 Å². The van der Waals surface area contributed by atoms with E-state index in [4.69, 9.17) is 28.9 Å². The van der Waals surface area contributed by atoms with E-state index in [1.807, 2.05) is 0 Å². The van der Waals surface area contributed by atoms with Gasteiger partial charge >= 0.3 is 0 Å². The van der Waals surface area contributed by atoms with Crippen LogP contribution >= 0.6 is 23.2 Å². The molecule has 2 aromatic carbocycles. The molecule has 0 fully saturated rings. The number of rotatable bonds is 5. The van der Waals surface area contributed by atoms with Crippen LogP contribution < -0.4 is 11.1 Å². The molecule has 0 heterocycles. The first-order chi connectivity index (χ1) is 10.5. The van der Waals surface area contributed by atoms with Crippen LogP contribution in [-0.2, 0) is 11.2 Å². The van der Waals surface area contributed by atoms with Crippen LogP contribution in [0.25, 0.3) is 0 Å². The van der Waals surface area contributed by atoms with E-state index in [-0.39, 0.29) is 12.3 Å². The van der Waals surface area contributed by atoms with Crippen molar-refractivity contribution in [2.45, 2.75) is 12.5 Å². The van der Waals surface area contributed by atoms with Crippen molar-refractivity contribution in [3.8, 4) is 0 Å². The molecule has 0 aliphatic heterocycles. The molecular formula is C16H14Cl2N2O2. The summed E-state index contributed by atoms with van der Waals surface area (Å²) in [5.41, 5.74) is 6.51. The van der Waals surface area contributed by atoms with E-state index in [0.29, 0.717) is 21.2 Å². The molecule has 2 amide bonds. The molecule has 2 rings (SSSR count). The van der Waals surface area contributed by atoms with Crippen molar-refractivity contribution < 1.29 is 9.59 Å². The van der Waals surface area contributed by atoms with E-state index < -0.39 is 11.9 Å². The molecule has 0 unspecified atom stereocenters. The lowest BCUT2D eigenvalue weighted by atomic mass is 10.0. The summed E-state index contributed by atoms with van der Waals surface area (Å²) in [5.74, 6) is -0.996. The summed E-state index contributed by atoms with van der Waals surface area (Å²) in [5, 5.41) is 3.54. The fourth-order valence-electron chi connectivity index (χ4n) is 1.96. The maximum absolute atomic E-state index is 12.1. The Kier molecular flexibility index (Phi) is 5.41. The molecule has 0 saturated carbocycles. The van der Waals surface area contributed by atoms with E-state index in [1.165, 1.54) is 0 Å². The van der Waals surface area contributed by atoms with Gasteiger partial charge in [-0.2, -0.15) is 0 Å². The van der Waals surface area contributed by atoms with Crippen LogP contribution in [0, 0.1) is 0 Å². The highest BCUT2D eigenvalue weighted by molar-refractivity contribution is 6.35. The van der Waals surface area contributed by atoms with Gasteiger partial charge in [0.2, 0.25) is 5.91 Å². The third kappa shape index (κ3) is 4.23. The van der Waals surface area contributed by atoms with Crippen molar-refractivity contribution >= 4 is 35.0 Å². The Bertz CT molecular complexity index is 690. The van der Waals surface area contributed by atoms with Crippen molar-refractivity contribution in [3.05, 3.63) is 69.7 Å². The van der Waals surface area contributed by atoms with Crippen LogP contribution in [0.1, 0.15) is 15.9 Å². The van der Waals surface area contributed by atoms with Gasteiger partial charge in [0.05, 0.1) is 0 Å². The average molecular weight is 337 g/mol. The minimum atomic E-state index is -0.855. The normalized spacial score (nSPS) is 11.7. The number of nitrogens with one attached hydrogen (secondary N) is 1. The Morgan fingerprint density at radius 3 is 2.36 bits per heavy atom. The zero-order chi connectivity index (χ0) is 16.1. The van der Waals surface area contributed by atoms with E-state index in [0.717, 1.165) is 0 Å². The molecule has 3 N–H and O–H groups in total. The second-order valence-electron chi connectivity index (χ2n) is 4.73. The molecule has 2 aromatic rings. The summed E-state index contributed by atoms with van der Waals surface area (Å²) in [6, 6.07) is 12.7. The first-order valence-corrected chi connectivity index (χ1v) is 7.32. The molecule has 22 heavy (non-hydrogen) atoms. The van der Waals surface area contributed by atoms with Crippen LogP contribution in [0.4, 0.5) is 0 Å². The predicted octanol–water partition coefficient (Wildman–Crippen LogP) is 2.82. The quantitative estimate of drug-likeness (QED) is 0.881. The summed E-state index contributed by atoms with van der Waals surface area (Å²) in [6.45, 7) is 0. The Morgan fingerprint density at radius 1 is 1.09 bits per heavy atom. The van der Waals surface area contributed by atoms with Gasteiger partial charge in [-0.25, -0.2) is 0 Å². The third-order valence-corrected chi connectivity index (χ3v) is 3.71. The van der Waals surface area contributed by atoms with E-state index in [1.54, 1.807) is 48.5 Å². The molecule has 0 radical (unpaired) electrons. The van der Waals surface area contributed by atoms with Crippen LogP contribution in [-0.4, -0.2) is 17.9 Å². The van der Waals surface area contributed by atoms with Crippen molar-refractivity contribution in [1.82, 2.24) is 5.32 Å². The van der Waals surface area contributed by atoms with Crippen LogP contribution in [0.2, 0.25) is 10.0 Å². The number of benzene rings is 2. The number of nitrogens with two attached hydrogens (primary N) is 1. The van der Waals surface area contributed by atoms with Crippen molar-refractivity contribution in [2.24, 2.45) is 5.73 Å². The summed E-state index contributed by atoms with van der Waals surface area (Å²) < 4.78 is 0. The van der Waals surface area contributed by atoms with Gasteiger partial charge in [-0.05, 0) is 29.8 Å². The molecule has 4 nitrogen and oxygen atoms in total. The molecule has 0 spiro atoms. The third-order valence-electron chi connectivity index (χ3n) is 3.12. The second-order valence-corrected chi connectivity index (χ2v) is 5.58. The Hall–Kier alpha value is -2.04. The number of hydrogen-bond acceptors (Lipinski definition) is 2. The van der Waals surface area contributed by atoms with E-state index >= 15 is 0 Å². The van der Waals surface area contributed by atoms with Gasteiger partial charge in [0.15, 0.2) is 0 Å². The van der Waals surface area contributed by atoms with Gasteiger partial charge in [-0.3, -0.25) is 9.59 Å². The van der Waals surface area contributed by atoms with Crippen LogP contribution in [0.5, 0.6) is 0 Å². The Balaban J connectivity index is 2.14. The monoisotopic (exact) mass is 336 g/mol. The summed E-state index contributed by atoms with van der Waals surface area (Å²) in [4.78, 5) is 23.7. The summed E-state index contributed by atoms with van der Waals surface area (Å²) >= 11 is 11.9. The fraction of sp³-hybridized carbons (Fsp3) is 0.125. The highest BCUT2D eigenvalue weighted by Gasteiger charge is 2.20. The number of amides is 2. The van der Waals surface area contributed by atoms with E-state index in [2.05, 4.69) is 5.32 Å². The van der Waals surface area contributed by atoms with Gasteiger partial charge < -0.3 is 11.1 Å². The fourth-order valence-corrected chi connectivity index (χ4v) is 2.45. The summed E-state index contributed by atoms with van der Waals surface area (Å²) in [7, 11) is 0. The van der Waals surface area contributed by atoms with Gasteiger partial charge in [-0.1, -0.05) is 47.5 Å². The molecule has 0 saturated heterocycles. The molecular weight excluding hydrogens is 323 g/mol. The van der Waals surface area contributed by atoms with Crippen molar-refractivity contribution in [3.63, 3.8) is 0 Å². The number of hydrogen-bond donors (Lipinski definition) is 2. The molecule has 1 atom stereocenters. The lowest BCUT2D eigenvalue weighted by Gasteiger charge is -2.16. The smallest absolute Gasteiger partial charge is 0.251 e. The number of primary amides is 1. The predicted molar refractivity (Wildman–Crippen MR) is 87.1 cm³/mol. The zero-order valence-corrected chi connectivity index (χ0v) is 13.1. The first kappa shape index (κ1) is 16.3. The maximum Gasteiger partial charge on any atom is 0.251 e. The largest absolute Gasteiger partial charge is 0.368 e. The first-order valence-electron chi connectivity index (χ1n) is 6.56. The van der Waals surface area contributed by atoms with Gasteiger partial charge in [0.1, 0.15) is 6.04 Å². The SMILES string of the molecule is NC(=O)[C@@H](Cc1ccc(Cl)cc1Cl)NC(=O)c1ccccc1. The van der Waals surface area contributed by atoms with Gasteiger partial charge in [0.25, 0.3) is 5.91 Å². The average Bonchev–Trinajstić information content (AvgIpc) is 2.49. The number of halogens is 2. The summed E-state index contributed by atoms with van der Waals surface area (Å²) in [6.07, 6.45) is 0.198. The van der Waals surface area contributed by atoms with E-state index in [9.17, 15) is 9.59 Å². The number of carbonyl (C=O) groups is 2. The molecule has 0 aliphatic rings. The minimum absolute atomic E-state index is 0.198. The van der Waals surface area contributed by atoms with Crippen LogP contribution in [0.3, 0.4) is 0 Å². The van der Waals surface area contributed by atoms with Crippen molar-refractivity contribution in [2.75, 3.05) is 0 Å². The molecule has 0 aliphatic carbocycles. The highest BCUT2D eigenvalue weighted by atomic mass is 35.5. The topological polar surface area (TPSA) is 72.2 Å². The lowest BCUT2D eigenvalue weighted by Crippen LogP contribution is -2.45. The molecule has 6 heteroatoms. The zero-order valence-electron chi connectivity index (χ0n) is 11.6. The highest BCUT2D eigenvalue weighted by Crippen LogP contribution is 2.22. The standard InChI is InChI=1S/C16H14Cl2N2O2/c17-12-7-6-11(13(18)9-12)8-14(15(19)21)20-16(22)10-4-2-1-3-5-10/h1-7,9,14H,8H2,(H2,19,21)(H,20,22)/t14-/m1/s1. The van der Waals surface area contributed by atoms with Crippen LogP contribution in [0.15, 0.2) is 48.5 Å². The van der Waals surface area contributed by atoms with Gasteiger partial charge in [-0.15, -0.1) is 0 Å². The lowest BCUT2D eigenvalue weighted by molar-refractivity contribution is -0.119. The van der Waals surface area contributed by atoms with Gasteiger partial charge in [0, 0.05) is 22.0 Å². The Morgan fingerprint density at radius 2 is 1.77 bits per heavy atom. The molecule has 0 bridgehead atoms. The molecule has 114 valence electrons.